The molecule has 0 bridgehead atoms. The number of fused-ring (bicyclic) bond motifs is 1. The zero-order chi connectivity index (χ0) is 16.5. The van der Waals surface area contributed by atoms with E-state index in [1.165, 1.54) is 12.8 Å². The molecule has 7 heteroatoms. The Labute approximate surface area is 144 Å². The normalized spacial score (nSPS) is 15.4. The fourth-order valence-electron chi connectivity index (χ4n) is 3.42. The summed E-state index contributed by atoms with van der Waals surface area (Å²) in [5.41, 5.74) is 2.14. The molecular weight excluding hydrogens is 322 g/mol. The maximum atomic E-state index is 12.3. The Bertz CT molecular complexity index is 855. The first-order chi connectivity index (χ1) is 11.7. The Balaban J connectivity index is 1.39. The summed E-state index contributed by atoms with van der Waals surface area (Å²) in [5.74, 6) is 0.853. The molecule has 0 saturated heterocycles. The lowest BCUT2D eigenvalue weighted by molar-refractivity contribution is -0.116. The minimum atomic E-state index is 0.0333. The maximum Gasteiger partial charge on any atom is 0.225 e. The van der Waals surface area contributed by atoms with E-state index in [-0.39, 0.29) is 5.91 Å². The highest BCUT2D eigenvalue weighted by atomic mass is 32.1. The fraction of sp³-hybridized carbons (Fsp3) is 0.471. The number of imidazole rings is 1. The van der Waals surface area contributed by atoms with E-state index in [0.29, 0.717) is 18.9 Å². The average molecular weight is 343 g/mol. The fourth-order valence-corrected chi connectivity index (χ4v) is 4.37. The number of anilines is 1. The van der Waals surface area contributed by atoms with Crippen LogP contribution in [0.5, 0.6) is 0 Å². The van der Waals surface area contributed by atoms with Crippen molar-refractivity contribution in [1.82, 2.24) is 19.2 Å². The van der Waals surface area contributed by atoms with Gasteiger partial charge in [-0.2, -0.15) is 5.10 Å². The van der Waals surface area contributed by atoms with Gasteiger partial charge in [-0.25, -0.2) is 9.67 Å². The molecule has 6 nitrogen and oxygen atoms in total. The van der Waals surface area contributed by atoms with Gasteiger partial charge in [-0.3, -0.25) is 9.20 Å². The van der Waals surface area contributed by atoms with Crippen LogP contribution in [0, 0.1) is 6.92 Å². The molecule has 1 saturated carbocycles. The standard InChI is InChI=1S/C17H21N5OS/c1-12-10-21-14(11-24-17(21)19-12)6-7-16(23)20-15-8-9-18-22(15)13-4-2-3-5-13/h8-11,13H,2-7H2,1H3,(H,20,23). The van der Waals surface area contributed by atoms with Gasteiger partial charge in [0.15, 0.2) is 4.96 Å². The van der Waals surface area contributed by atoms with Gasteiger partial charge in [-0.15, -0.1) is 11.3 Å². The summed E-state index contributed by atoms with van der Waals surface area (Å²) in [4.78, 5) is 17.8. The summed E-state index contributed by atoms with van der Waals surface area (Å²) in [6.45, 7) is 1.99. The zero-order valence-electron chi connectivity index (χ0n) is 13.7. The number of hydrogen-bond acceptors (Lipinski definition) is 4. The summed E-state index contributed by atoms with van der Waals surface area (Å²) < 4.78 is 4.06. The minimum absolute atomic E-state index is 0.0333. The molecule has 0 aliphatic heterocycles. The van der Waals surface area contributed by atoms with Crippen molar-refractivity contribution < 1.29 is 4.79 Å². The van der Waals surface area contributed by atoms with Crippen LogP contribution in [-0.4, -0.2) is 25.1 Å². The number of thiazole rings is 1. The Morgan fingerprint density at radius 3 is 3.08 bits per heavy atom. The molecule has 1 aliphatic carbocycles. The first-order valence-corrected chi connectivity index (χ1v) is 9.34. The average Bonchev–Trinajstić information content (AvgIpc) is 3.29. The van der Waals surface area contributed by atoms with Crippen LogP contribution in [-0.2, 0) is 11.2 Å². The van der Waals surface area contributed by atoms with Crippen LogP contribution in [0.2, 0.25) is 0 Å². The highest BCUT2D eigenvalue weighted by Gasteiger charge is 2.20. The number of nitrogens with zero attached hydrogens (tertiary/aromatic N) is 4. The first-order valence-electron chi connectivity index (χ1n) is 8.46. The van der Waals surface area contributed by atoms with E-state index >= 15 is 0 Å². The molecule has 0 radical (unpaired) electrons. The summed E-state index contributed by atoms with van der Waals surface area (Å²) in [5, 5.41) is 9.50. The molecule has 24 heavy (non-hydrogen) atoms. The number of rotatable bonds is 5. The van der Waals surface area contributed by atoms with E-state index < -0.39 is 0 Å². The van der Waals surface area contributed by atoms with Crippen LogP contribution in [0.4, 0.5) is 5.82 Å². The number of amides is 1. The van der Waals surface area contributed by atoms with Gasteiger partial charge in [-0.05, 0) is 26.2 Å². The molecular formula is C17H21N5OS. The molecule has 0 atom stereocenters. The van der Waals surface area contributed by atoms with Crippen LogP contribution < -0.4 is 5.32 Å². The van der Waals surface area contributed by atoms with Crippen LogP contribution in [0.1, 0.15) is 49.5 Å². The number of aromatic nitrogens is 4. The molecule has 3 aromatic rings. The van der Waals surface area contributed by atoms with Crippen LogP contribution >= 0.6 is 11.3 Å². The van der Waals surface area contributed by atoms with Crippen molar-refractivity contribution >= 4 is 28.0 Å². The van der Waals surface area contributed by atoms with Crippen LogP contribution in [0.3, 0.4) is 0 Å². The predicted octanol–water partition coefficient (Wildman–Crippen LogP) is 3.59. The van der Waals surface area contributed by atoms with Gasteiger partial charge in [0.25, 0.3) is 0 Å². The second-order valence-corrected chi connectivity index (χ2v) is 7.25. The number of hydrogen-bond donors (Lipinski definition) is 1. The molecule has 126 valence electrons. The number of carbonyl (C=O) groups is 1. The Hall–Kier alpha value is -2.15. The molecule has 3 heterocycles. The smallest absolute Gasteiger partial charge is 0.225 e. The molecule has 4 rings (SSSR count). The van der Waals surface area contributed by atoms with Crippen molar-refractivity contribution in [1.29, 1.82) is 0 Å². The first kappa shape index (κ1) is 15.4. The van der Waals surface area contributed by atoms with Crippen molar-refractivity contribution in [3.05, 3.63) is 35.2 Å². The zero-order valence-corrected chi connectivity index (χ0v) is 14.6. The molecule has 0 aromatic carbocycles. The predicted molar refractivity (Wildman–Crippen MR) is 94.5 cm³/mol. The van der Waals surface area contributed by atoms with Gasteiger partial charge in [0.1, 0.15) is 5.82 Å². The number of nitrogens with one attached hydrogen (secondary N) is 1. The van der Waals surface area contributed by atoms with Gasteiger partial charge in [-0.1, -0.05) is 12.8 Å². The van der Waals surface area contributed by atoms with E-state index in [2.05, 4.69) is 25.2 Å². The topological polar surface area (TPSA) is 64.2 Å². The summed E-state index contributed by atoms with van der Waals surface area (Å²) >= 11 is 1.62. The Morgan fingerprint density at radius 1 is 1.42 bits per heavy atom. The quantitative estimate of drug-likeness (QED) is 0.770. The van der Waals surface area contributed by atoms with Crippen LogP contribution in [0.15, 0.2) is 23.8 Å². The SMILES string of the molecule is Cc1cn2c(CCC(=O)Nc3ccnn3C3CCCC3)csc2n1. The van der Waals surface area contributed by atoms with Gasteiger partial charge >= 0.3 is 0 Å². The third kappa shape index (κ3) is 2.96. The van der Waals surface area contributed by atoms with Crippen molar-refractivity contribution in [2.75, 3.05) is 5.32 Å². The lowest BCUT2D eigenvalue weighted by atomic mass is 10.2. The summed E-state index contributed by atoms with van der Waals surface area (Å²) in [7, 11) is 0. The van der Waals surface area contributed by atoms with Crippen molar-refractivity contribution in [3.63, 3.8) is 0 Å². The highest BCUT2D eigenvalue weighted by molar-refractivity contribution is 7.15. The second kappa shape index (κ2) is 6.39. The van der Waals surface area contributed by atoms with E-state index in [0.717, 1.165) is 35.0 Å². The maximum absolute atomic E-state index is 12.3. The van der Waals surface area contributed by atoms with E-state index in [4.69, 9.17) is 0 Å². The van der Waals surface area contributed by atoms with Gasteiger partial charge in [0, 0.05) is 29.8 Å². The number of aryl methyl sites for hydroxylation is 2. The third-order valence-corrected chi connectivity index (χ3v) is 5.51. The number of carbonyl (C=O) groups excluding carboxylic acids is 1. The monoisotopic (exact) mass is 343 g/mol. The second-order valence-electron chi connectivity index (χ2n) is 6.41. The summed E-state index contributed by atoms with van der Waals surface area (Å²) in [6, 6.07) is 2.32. The largest absolute Gasteiger partial charge is 0.311 e. The molecule has 1 fully saturated rings. The van der Waals surface area contributed by atoms with Crippen molar-refractivity contribution in [3.8, 4) is 0 Å². The third-order valence-electron chi connectivity index (χ3n) is 4.62. The van der Waals surface area contributed by atoms with Crippen molar-refractivity contribution in [2.24, 2.45) is 0 Å². The van der Waals surface area contributed by atoms with Gasteiger partial charge in [0.05, 0.1) is 17.9 Å². The lowest BCUT2D eigenvalue weighted by Crippen LogP contribution is -2.18. The van der Waals surface area contributed by atoms with Gasteiger partial charge < -0.3 is 5.32 Å². The lowest BCUT2D eigenvalue weighted by Gasteiger charge is -2.14. The van der Waals surface area contributed by atoms with Gasteiger partial charge in [0.2, 0.25) is 5.91 Å². The van der Waals surface area contributed by atoms with E-state index in [1.54, 1.807) is 17.5 Å². The summed E-state index contributed by atoms with van der Waals surface area (Å²) in [6.07, 6.45) is 9.75. The molecule has 1 N–H and O–H groups in total. The molecule has 0 unspecified atom stereocenters. The van der Waals surface area contributed by atoms with E-state index in [9.17, 15) is 4.79 Å². The highest BCUT2D eigenvalue weighted by Crippen LogP contribution is 2.31. The molecule has 0 spiro atoms. The molecule has 3 aromatic heterocycles. The van der Waals surface area contributed by atoms with Crippen LogP contribution in [0.25, 0.3) is 4.96 Å². The van der Waals surface area contributed by atoms with Crippen molar-refractivity contribution in [2.45, 2.75) is 51.5 Å². The Kier molecular flexibility index (Phi) is 4.10. The molecule has 1 aliphatic rings. The molecule has 1 amide bonds. The minimum Gasteiger partial charge on any atom is -0.311 e. The Morgan fingerprint density at radius 2 is 2.25 bits per heavy atom. The van der Waals surface area contributed by atoms with E-state index in [1.807, 2.05) is 23.9 Å².